The van der Waals surface area contributed by atoms with Gasteiger partial charge in [0.2, 0.25) is 5.91 Å². The maximum absolute atomic E-state index is 11.5. The van der Waals surface area contributed by atoms with Crippen LogP contribution in [0.4, 0.5) is 0 Å². The Kier molecular flexibility index (Phi) is 3.06. The molecule has 2 aliphatic carbocycles. The van der Waals surface area contributed by atoms with Crippen molar-refractivity contribution in [2.24, 2.45) is 5.92 Å². The molecule has 0 heterocycles. The van der Waals surface area contributed by atoms with E-state index in [2.05, 4.69) is 5.32 Å². The zero-order valence-electron chi connectivity index (χ0n) is 8.96. The van der Waals surface area contributed by atoms with E-state index in [1.807, 2.05) is 11.9 Å². The predicted molar refractivity (Wildman–Crippen MR) is 56.0 cm³/mol. The molecule has 0 bridgehead atoms. The van der Waals surface area contributed by atoms with Crippen LogP contribution >= 0.6 is 0 Å². The highest BCUT2D eigenvalue weighted by Crippen LogP contribution is 2.31. The van der Waals surface area contributed by atoms with E-state index >= 15 is 0 Å². The van der Waals surface area contributed by atoms with Crippen LogP contribution in [0.2, 0.25) is 0 Å². The standard InChI is InChI=1S/C11H20N2O/c1-13(10-4-5-10)11(14)8-12-7-6-9-2-3-9/h9-10,12H,2-8H2,1H3. The van der Waals surface area contributed by atoms with Crippen molar-refractivity contribution in [2.75, 3.05) is 20.1 Å². The van der Waals surface area contributed by atoms with Crippen molar-refractivity contribution in [2.45, 2.75) is 38.1 Å². The SMILES string of the molecule is CN(C(=O)CNCCC1CC1)C1CC1. The number of hydrogen-bond donors (Lipinski definition) is 1. The number of nitrogens with one attached hydrogen (secondary N) is 1. The lowest BCUT2D eigenvalue weighted by molar-refractivity contribution is -0.129. The first-order valence-electron chi connectivity index (χ1n) is 5.74. The number of rotatable bonds is 6. The quantitative estimate of drug-likeness (QED) is 0.643. The van der Waals surface area contributed by atoms with Gasteiger partial charge in [0.1, 0.15) is 0 Å². The van der Waals surface area contributed by atoms with E-state index in [1.165, 1.54) is 32.1 Å². The Morgan fingerprint density at radius 1 is 1.36 bits per heavy atom. The Hall–Kier alpha value is -0.570. The second kappa shape index (κ2) is 4.30. The third-order valence-electron chi connectivity index (χ3n) is 3.19. The van der Waals surface area contributed by atoms with Gasteiger partial charge in [0.15, 0.2) is 0 Å². The number of likely N-dealkylation sites (N-methyl/N-ethyl adjacent to an activating group) is 1. The molecule has 80 valence electrons. The van der Waals surface area contributed by atoms with E-state index in [4.69, 9.17) is 0 Å². The molecule has 2 saturated carbocycles. The summed E-state index contributed by atoms with van der Waals surface area (Å²) in [4.78, 5) is 13.4. The average molecular weight is 196 g/mol. The van der Waals surface area contributed by atoms with Crippen molar-refractivity contribution < 1.29 is 4.79 Å². The largest absolute Gasteiger partial charge is 0.342 e. The Balaban J connectivity index is 1.52. The highest BCUT2D eigenvalue weighted by molar-refractivity contribution is 5.78. The Labute approximate surface area is 85.8 Å². The van der Waals surface area contributed by atoms with Crippen LogP contribution in [0.3, 0.4) is 0 Å². The molecule has 2 aliphatic rings. The molecule has 0 aliphatic heterocycles. The van der Waals surface area contributed by atoms with Crippen LogP contribution in [0.5, 0.6) is 0 Å². The lowest BCUT2D eigenvalue weighted by Crippen LogP contribution is -2.37. The third kappa shape index (κ3) is 2.98. The predicted octanol–water partition coefficient (Wildman–Crippen LogP) is 0.997. The van der Waals surface area contributed by atoms with Crippen LogP contribution in [-0.2, 0) is 4.79 Å². The number of carbonyl (C=O) groups excluding carboxylic acids is 1. The molecule has 0 unspecified atom stereocenters. The molecule has 1 N–H and O–H groups in total. The summed E-state index contributed by atoms with van der Waals surface area (Å²) >= 11 is 0. The summed E-state index contributed by atoms with van der Waals surface area (Å²) < 4.78 is 0. The maximum Gasteiger partial charge on any atom is 0.236 e. The maximum atomic E-state index is 11.5. The number of nitrogens with zero attached hydrogens (tertiary/aromatic N) is 1. The number of carbonyl (C=O) groups is 1. The lowest BCUT2D eigenvalue weighted by Gasteiger charge is -2.16. The molecule has 2 fully saturated rings. The molecular weight excluding hydrogens is 176 g/mol. The summed E-state index contributed by atoms with van der Waals surface area (Å²) in [6, 6.07) is 0.549. The lowest BCUT2D eigenvalue weighted by atomic mass is 10.3. The molecule has 1 amide bonds. The molecule has 3 nitrogen and oxygen atoms in total. The normalized spacial score (nSPS) is 20.9. The highest BCUT2D eigenvalue weighted by Gasteiger charge is 2.29. The van der Waals surface area contributed by atoms with Crippen LogP contribution in [0.1, 0.15) is 32.1 Å². The van der Waals surface area contributed by atoms with Crippen molar-refractivity contribution in [3.8, 4) is 0 Å². The van der Waals surface area contributed by atoms with Gasteiger partial charge in [0.25, 0.3) is 0 Å². The van der Waals surface area contributed by atoms with Crippen molar-refractivity contribution in [1.29, 1.82) is 0 Å². The zero-order chi connectivity index (χ0) is 9.97. The molecule has 0 radical (unpaired) electrons. The second-order valence-electron chi connectivity index (χ2n) is 4.64. The van der Waals surface area contributed by atoms with Gasteiger partial charge in [-0.15, -0.1) is 0 Å². The summed E-state index contributed by atoms with van der Waals surface area (Å²) in [5, 5.41) is 3.23. The Morgan fingerprint density at radius 2 is 2.07 bits per heavy atom. The van der Waals surface area contributed by atoms with Gasteiger partial charge in [0.05, 0.1) is 6.54 Å². The van der Waals surface area contributed by atoms with Crippen molar-refractivity contribution >= 4 is 5.91 Å². The van der Waals surface area contributed by atoms with E-state index in [0.717, 1.165) is 12.5 Å². The fourth-order valence-corrected chi connectivity index (χ4v) is 1.70. The van der Waals surface area contributed by atoms with Gasteiger partial charge in [-0.05, 0) is 31.7 Å². The second-order valence-corrected chi connectivity index (χ2v) is 4.64. The number of hydrogen-bond acceptors (Lipinski definition) is 2. The van der Waals surface area contributed by atoms with E-state index in [0.29, 0.717) is 12.6 Å². The Morgan fingerprint density at radius 3 is 2.64 bits per heavy atom. The van der Waals surface area contributed by atoms with Crippen molar-refractivity contribution in [3.05, 3.63) is 0 Å². The molecule has 2 rings (SSSR count). The smallest absolute Gasteiger partial charge is 0.236 e. The monoisotopic (exact) mass is 196 g/mol. The highest BCUT2D eigenvalue weighted by atomic mass is 16.2. The minimum absolute atomic E-state index is 0.253. The van der Waals surface area contributed by atoms with E-state index < -0.39 is 0 Å². The summed E-state index contributed by atoms with van der Waals surface area (Å²) in [5.74, 6) is 1.21. The average Bonchev–Trinajstić information content (AvgIpc) is 3.04. The van der Waals surface area contributed by atoms with Gasteiger partial charge in [0, 0.05) is 13.1 Å². The van der Waals surface area contributed by atoms with Crippen LogP contribution in [0, 0.1) is 5.92 Å². The molecule has 14 heavy (non-hydrogen) atoms. The third-order valence-corrected chi connectivity index (χ3v) is 3.19. The molecule has 0 aromatic carbocycles. The molecule has 0 aromatic rings. The first-order chi connectivity index (χ1) is 6.77. The molecule has 0 atom stereocenters. The summed E-state index contributed by atoms with van der Waals surface area (Å²) in [5.41, 5.74) is 0. The fourth-order valence-electron chi connectivity index (χ4n) is 1.70. The molecule has 0 spiro atoms. The zero-order valence-corrected chi connectivity index (χ0v) is 8.96. The van der Waals surface area contributed by atoms with Gasteiger partial charge in [-0.3, -0.25) is 4.79 Å². The van der Waals surface area contributed by atoms with Crippen LogP contribution in [0.25, 0.3) is 0 Å². The van der Waals surface area contributed by atoms with Crippen molar-refractivity contribution in [1.82, 2.24) is 10.2 Å². The molecule has 3 heteroatoms. The van der Waals surface area contributed by atoms with Crippen LogP contribution in [0.15, 0.2) is 0 Å². The Bertz CT molecular complexity index is 209. The van der Waals surface area contributed by atoms with Gasteiger partial charge in [-0.2, -0.15) is 0 Å². The minimum atomic E-state index is 0.253. The fraction of sp³-hybridized carbons (Fsp3) is 0.909. The van der Waals surface area contributed by atoms with Gasteiger partial charge >= 0.3 is 0 Å². The van der Waals surface area contributed by atoms with Gasteiger partial charge in [-0.1, -0.05) is 12.8 Å². The van der Waals surface area contributed by atoms with Crippen molar-refractivity contribution in [3.63, 3.8) is 0 Å². The minimum Gasteiger partial charge on any atom is -0.342 e. The first-order valence-corrected chi connectivity index (χ1v) is 5.74. The van der Waals surface area contributed by atoms with Gasteiger partial charge in [-0.25, -0.2) is 0 Å². The summed E-state index contributed by atoms with van der Waals surface area (Å²) in [6.07, 6.45) is 6.45. The first kappa shape index (κ1) is 9.97. The van der Waals surface area contributed by atoms with E-state index in [-0.39, 0.29) is 5.91 Å². The van der Waals surface area contributed by atoms with E-state index in [9.17, 15) is 4.79 Å². The summed E-state index contributed by atoms with van der Waals surface area (Å²) in [6.45, 7) is 1.54. The van der Waals surface area contributed by atoms with Crippen LogP contribution < -0.4 is 5.32 Å². The molecule has 0 aromatic heterocycles. The molecule has 0 saturated heterocycles. The number of amides is 1. The topological polar surface area (TPSA) is 32.3 Å². The van der Waals surface area contributed by atoms with E-state index in [1.54, 1.807) is 0 Å². The summed E-state index contributed by atoms with van der Waals surface area (Å²) in [7, 11) is 1.92. The molecular formula is C11H20N2O. The van der Waals surface area contributed by atoms with Gasteiger partial charge < -0.3 is 10.2 Å². The van der Waals surface area contributed by atoms with Crippen LogP contribution in [-0.4, -0.2) is 37.0 Å².